The summed E-state index contributed by atoms with van der Waals surface area (Å²) in [6, 6.07) is 25.4. The first-order valence-corrected chi connectivity index (χ1v) is 7.76. The first kappa shape index (κ1) is 12.6. The van der Waals surface area contributed by atoms with Crippen LogP contribution >= 0.6 is 11.3 Å². The van der Waals surface area contributed by atoms with Crippen molar-refractivity contribution >= 4 is 26.9 Å². The molecule has 0 amide bonds. The molecule has 0 aliphatic rings. The van der Waals surface area contributed by atoms with Crippen LogP contribution in [0.25, 0.3) is 20.9 Å². The predicted molar refractivity (Wildman–Crippen MR) is 84.2 cm³/mol. The van der Waals surface area contributed by atoms with E-state index in [0.29, 0.717) is 0 Å². The van der Waals surface area contributed by atoms with Gasteiger partial charge in [-0.25, -0.2) is 0 Å². The summed E-state index contributed by atoms with van der Waals surface area (Å²) in [6.07, 6.45) is 0. The molecule has 0 fully saturated rings. The second-order valence-electron chi connectivity index (χ2n) is 4.25. The standard InChI is InChI=1S/C17H12SSe/c19-15-11-16(13-7-3-1-4-8-13)18-17(12-15)14-9-5-2-6-10-14/h1-12H. The van der Waals surface area contributed by atoms with Crippen molar-refractivity contribution in [3.63, 3.8) is 0 Å². The quantitative estimate of drug-likeness (QED) is 0.594. The zero-order valence-electron chi connectivity index (χ0n) is 10.2. The van der Waals surface area contributed by atoms with Gasteiger partial charge in [0.05, 0.1) is 0 Å². The summed E-state index contributed by atoms with van der Waals surface area (Å²) in [5, 5.41) is 0. The Morgan fingerprint density at radius 2 is 1.05 bits per heavy atom. The van der Waals surface area contributed by atoms with E-state index in [2.05, 4.69) is 76.2 Å². The summed E-state index contributed by atoms with van der Waals surface area (Å²) in [7, 11) is 0. The molecule has 0 aliphatic carbocycles. The number of rotatable bonds is 2. The fraction of sp³-hybridized carbons (Fsp3) is 0. The van der Waals surface area contributed by atoms with Crippen LogP contribution in [0.1, 0.15) is 0 Å². The number of hydrogen-bond acceptors (Lipinski definition) is 1. The Balaban J connectivity index is 2.15. The van der Waals surface area contributed by atoms with Gasteiger partial charge in [0.25, 0.3) is 0 Å². The van der Waals surface area contributed by atoms with Gasteiger partial charge in [-0.05, 0) is 0 Å². The first-order valence-electron chi connectivity index (χ1n) is 6.09. The van der Waals surface area contributed by atoms with E-state index in [1.165, 1.54) is 24.9 Å². The van der Waals surface area contributed by atoms with Crippen LogP contribution in [0.5, 0.6) is 0 Å². The normalized spacial score (nSPS) is 10.3. The Kier molecular flexibility index (Phi) is 3.74. The summed E-state index contributed by atoms with van der Waals surface area (Å²) in [4.78, 5) is 2.58. The maximum atomic E-state index is 3.13. The Bertz CT molecular complexity index is 669. The molecule has 0 unspecified atom stereocenters. The van der Waals surface area contributed by atoms with E-state index in [4.69, 9.17) is 0 Å². The van der Waals surface area contributed by atoms with Crippen molar-refractivity contribution in [1.29, 1.82) is 0 Å². The van der Waals surface area contributed by atoms with E-state index < -0.39 is 0 Å². The van der Waals surface area contributed by atoms with Gasteiger partial charge in [-0.2, -0.15) is 0 Å². The van der Waals surface area contributed by atoms with Gasteiger partial charge in [-0.3, -0.25) is 0 Å². The van der Waals surface area contributed by atoms with Crippen LogP contribution < -0.4 is 0 Å². The van der Waals surface area contributed by atoms with Crippen LogP contribution in [0, 0.1) is 4.06 Å². The van der Waals surface area contributed by atoms with E-state index in [0.717, 1.165) is 0 Å². The fourth-order valence-corrected chi connectivity index (χ4v) is 3.91. The van der Waals surface area contributed by atoms with Gasteiger partial charge in [0.1, 0.15) is 0 Å². The molecule has 1 heterocycles. The third-order valence-electron chi connectivity index (χ3n) is 2.88. The average Bonchev–Trinajstić information content (AvgIpc) is 2.48. The molecule has 0 atom stereocenters. The zero-order valence-corrected chi connectivity index (χ0v) is 12.8. The van der Waals surface area contributed by atoms with Gasteiger partial charge in [0, 0.05) is 0 Å². The second kappa shape index (κ2) is 5.66. The maximum absolute atomic E-state index is 3.13. The Morgan fingerprint density at radius 1 is 0.632 bits per heavy atom. The van der Waals surface area contributed by atoms with E-state index in [1.54, 1.807) is 0 Å². The molecule has 0 saturated carbocycles. The van der Waals surface area contributed by atoms with E-state index >= 15 is 0 Å². The van der Waals surface area contributed by atoms with Gasteiger partial charge >= 0.3 is 125 Å². The SMILES string of the molecule is [Se]=c1cc(-c2ccccc2)sc(-c2ccccc2)c1. The van der Waals surface area contributed by atoms with Crippen LogP contribution in [-0.2, 0) is 0 Å². The van der Waals surface area contributed by atoms with Gasteiger partial charge in [0.2, 0.25) is 0 Å². The van der Waals surface area contributed by atoms with Gasteiger partial charge < -0.3 is 0 Å². The fourth-order valence-electron chi connectivity index (χ4n) is 1.97. The minimum absolute atomic E-state index is 1.18. The molecule has 19 heavy (non-hydrogen) atoms. The topological polar surface area (TPSA) is 0 Å². The van der Waals surface area contributed by atoms with Crippen LogP contribution in [0.4, 0.5) is 0 Å². The van der Waals surface area contributed by atoms with Crippen molar-refractivity contribution < 1.29 is 0 Å². The second-order valence-corrected chi connectivity index (χ2v) is 6.33. The van der Waals surface area contributed by atoms with E-state index in [-0.39, 0.29) is 0 Å². The summed E-state index contributed by atoms with van der Waals surface area (Å²) in [5.74, 6) is 0. The molecule has 0 aliphatic heterocycles. The molecule has 0 radical (unpaired) electrons. The Labute approximate surface area is 124 Å². The third-order valence-corrected chi connectivity index (χ3v) is 4.52. The van der Waals surface area contributed by atoms with E-state index in [1.807, 2.05) is 23.5 Å². The molecule has 0 N–H and O–H groups in total. The van der Waals surface area contributed by atoms with Gasteiger partial charge in [-0.15, -0.1) is 0 Å². The molecule has 1 aromatic heterocycles. The Morgan fingerprint density at radius 3 is 1.47 bits per heavy atom. The molecule has 2 aromatic carbocycles. The first-order chi connectivity index (χ1) is 9.33. The minimum atomic E-state index is 1.18. The summed E-state index contributed by atoms with van der Waals surface area (Å²) >= 11 is 4.95. The molecule has 3 rings (SSSR count). The molecular formula is C17H12SSe. The van der Waals surface area contributed by atoms with Gasteiger partial charge in [0.15, 0.2) is 0 Å². The van der Waals surface area contributed by atoms with Gasteiger partial charge in [-0.1, -0.05) is 0 Å². The monoisotopic (exact) mass is 328 g/mol. The number of hydrogen-bond donors (Lipinski definition) is 0. The van der Waals surface area contributed by atoms with Crippen molar-refractivity contribution in [3.05, 3.63) is 76.9 Å². The summed E-state index contributed by atoms with van der Waals surface area (Å²) in [5.41, 5.74) is 2.53. The van der Waals surface area contributed by atoms with Crippen molar-refractivity contribution in [2.75, 3.05) is 0 Å². The molecule has 3 aromatic rings. The van der Waals surface area contributed by atoms with Crippen LogP contribution in [0.15, 0.2) is 72.8 Å². The van der Waals surface area contributed by atoms with Crippen molar-refractivity contribution in [2.24, 2.45) is 0 Å². The predicted octanol–water partition coefficient (Wildman–Crippen LogP) is 4.78. The molecule has 92 valence electrons. The van der Waals surface area contributed by atoms with Crippen molar-refractivity contribution in [3.8, 4) is 20.9 Å². The molecule has 0 spiro atoms. The molecule has 2 heteroatoms. The van der Waals surface area contributed by atoms with Crippen LogP contribution in [-0.4, -0.2) is 15.6 Å². The van der Waals surface area contributed by atoms with Crippen LogP contribution in [0.2, 0.25) is 0 Å². The Hall–Kier alpha value is -1.47. The van der Waals surface area contributed by atoms with Crippen LogP contribution in [0.3, 0.4) is 0 Å². The molecule has 0 bridgehead atoms. The zero-order chi connectivity index (χ0) is 13.1. The average molecular weight is 327 g/mol. The molecule has 0 saturated heterocycles. The summed E-state index contributed by atoms with van der Waals surface area (Å²) < 4.78 is 1.18. The third kappa shape index (κ3) is 2.93. The molecule has 0 nitrogen and oxygen atoms in total. The van der Waals surface area contributed by atoms with Crippen molar-refractivity contribution in [2.45, 2.75) is 0 Å². The number of benzene rings is 2. The van der Waals surface area contributed by atoms with Crippen molar-refractivity contribution in [1.82, 2.24) is 0 Å². The van der Waals surface area contributed by atoms with E-state index in [9.17, 15) is 0 Å². The molecular weight excluding hydrogens is 315 g/mol. The summed E-state index contributed by atoms with van der Waals surface area (Å²) in [6.45, 7) is 0.